The van der Waals surface area contributed by atoms with Gasteiger partial charge in [0.1, 0.15) is 5.69 Å². The van der Waals surface area contributed by atoms with Gasteiger partial charge in [-0.1, -0.05) is 16.8 Å². The minimum Gasteiger partial charge on any atom is -0.356 e. The normalized spacial score (nSPS) is 11.1. The van der Waals surface area contributed by atoms with Crippen LogP contribution in [0.4, 0.5) is 0 Å². The molecule has 0 saturated carbocycles. The number of imidazole rings is 1. The largest absolute Gasteiger partial charge is 0.356 e. The number of rotatable bonds is 2. The van der Waals surface area contributed by atoms with Crippen LogP contribution in [-0.4, -0.2) is 14.7 Å². The Bertz CT molecular complexity index is 610. The summed E-state index contributed by atoms with van der Waals surface area (Å²) in [6.45, 7) is 2.75. The second kappa shape index (κ2) is 3.48. The van der Waals surface area contributed by atoms with Gasteiger partial charge in [-0.15, -0.1) is 0 Å². The summed E-state index contributed by atoms with van der Waals surface area (Å²) >= 11 is 0. The third-order valence-electron chi connectivity index (χ3n) is 2.59. The Balaban J connectivity index is 2.07. The second-order valence-corrected chi connectivity index (χ2v) is 3.86. The lowest BCUT2D eigenvalue weighted by Crippen LogP contribution is -1.96. The maximum absolute atomic E-state index is 5.27. The van der Waals surface area contributed by atoms with E-state index in [2.05, 4.69) is 23.1 Å². The summed E-state index contributed by atoms with van der Waals surface area (Å²) in [7, 11) is 0. The van der Waals surface area contributed by atoms with Gasteiger partial charge in [0, 0.05) is 17.8 Å². The molecule has 0 N–H and O–H groups in total. The minimum absolute atomic E-state index is 0.691. The Kier molecular flexibility index (Phi) is 1.99. The first-order valence-electron chi connectivity index (χ1n) is 5.13. The van der Waals surface area contributed by atoms with E-state index < -0.39 is 0 Å². The molecule has 1 aromatic carbocycles. The van der Waals surface area contributed by atoms with Crippen molar-refractivity contribution in [1.29, 1.82) is 0 Å². The molecule has 4 nitrogen and oxygen atoms in total. The maximum atomic E-state index is 5.27. The number of hydrogen-bond donors (Lipinski definition) is 0. The molecule has 0 saturated heterocycles. The molecule has 3 aromatic rings. The van der Waals surface area contributed by atoms with Crippen LogP contribution < -0.4 is 0 Å². The molecule has 2 heterocycles. The van der Waals surface area contributed by atoms with Gasteiger partial charge in [-0.2, -0.15) is 0 Å². The third kappa shape index (κ3) is 1.48. The molecule has 0 amide bonds. The van der Waals surface area contributed by atoms with Crippen molar-refractivity contribution >= 4 is 11.0 Å². The van der Waals surface area contributed by atoms with Gasteiger partial charge in [0.2, 0.25) is 0 Å². The van der Waals surface area contributed by atoms with Gasteiger partial charge in [-0.05, 0) is 19.1 Å². The topological polar surface area (TPSA) is 43.9 Å². The first-order valence-corrected chi connectivity index (χ1v) is 5.13. The van der Waals surface area contributed by atoms with Crippen molar-refractivity contribution in [3.63, 3.8) is 0 Å². The van der Waals surface area contributed by atoms with Crippen LogP contribution in [0.25, 0.3) is 11.0 Å². The zero-order valence-corrected chi connectivity index (χ0v) is 8.92. The average Bonchev–Trinajstić information content (AvgIpc) is 2.90. The van der Waals surface area contributed by atoms with Crippen LogP contribution in [0.5, 0.6) is 0 Å². The summed E-state index contributed by atoms with van der Waals surface area (Å²) in [6, 6.07) is 6.07. The molecule has 3 rings (SSSR count). The Hall–Kier alpha value is -2.10. The van der Waals surface area contributed by atoms with E-state index in [1.165, 1.54) is 5.56 Å². The van der Waals surface area contributed by atoms with Gasteiger partial charge in [-0.3, -0.25) is 0 Å². The zero-order chi connectivity index (χ0) is 11.0. The molecule has 0 aliphatic rings. The van der Waals surface area contributed by atoms with Crippen LogP contribution in [0, 0.1) is 6.92 Å². The molecule has 80 valence electrons. The van der Waals surface area contributed by atoms with Gasteiger partial charge >= 0.3 is 0 Å². The van der Waals surface area contributed by atoms with Crippen molar-refractivity contribution in [2.75, 3.05) is 0 Å². The highest BCUT2D eigenvalue weighted by Crippen LogP contribution is 2.20. The van der Waals surface area contributed by atoms with Crippen LogP contribution in [0.1, 0.15) is 11.3 Å². The van der Waals surface area contributed by atoms with Crippen molar-refractivity contribution in [2.24, 2.45) is 0 Å². The highest BCUT2D eigenvalue weighted by molar-refractivity contribution is 5.80. The van der Waals surface area contributed by atoms with Crippen LogP contribution >= 0.6 is 0 Å². The molecular weight excluding hydrogens is 202 g/mol. The lowest BCUT2D eigenvalue weighted by molar-refractivity contribution is 0.443. The highest BCUT2D eigenvalue weighted by Gasteiger charge is 2.08. The summed E-state index contributed by atoms with van der Waals surface area (Å²) in [5, 5.41) is 5.17. The fourth-order valence-electron chi connectivity index (χ4n) is 1.77. The molecule has 0 aliphatic carbocycles. The van der Waals surface area contributed by atoms with E-state index in [-0.39, 0.29) is 0 Å². The average molecular weight is 213 g/mol. The van der Waals surface area contributed by atoms with Crippen LogP contribution in [0.15, 0.2) is 41.4 Å². The molecule has 0 spiro atoms. The molecule has 0 bridgehead atoms. The number of nitrogens with zero attached hydrogens (tertiary/aromatic N) is 3. The SMILES string of the molecule is Cc1ccc2onc(Cn3ccnc3)c2c1. The molecule has 2 aromatic heterocycles. The van der Waals surface area contributed by atoms with Crippen LogP contribution in [0.3, 0.4) is 0 Å². The number of aromatic nitrogens is 3. The molecule has 0 unspecified atom stereocenters. The number of benzene rings is 1. The summed E-state index contributed by atoms with van der Waals surface area (Å²) in [5.41, 5.74) is 2.99. The molecule has 16 heavy (non-hydrogen) atoms. The van der Waals surface area contributed by atoms with E-state index in [0.717, 1.165) is 16.7 Å². The Morgan fingerprint density at radius 1 is 1.38 bits per heavy atom. The van der Waals surface area contributed by atoms with Gasteiger partial charge in [0.25, 0.3) is 0 Å². The molecule has 0 atom stereocenters. The first-order chi connectivity index (χ1) is 7.83. The molecule has 0 aliphatic heterocycles. The van der Waals surface area contributed by atoms with E-state index in [0.29, 0.717) is 6.54 Å². The Morgan fingerprint density at radius 2 is 2.31 bits per heavy atom. The van der Waals surface area contributed by atoms with Crippen LogP contribution in [-0.2, 0) is 6.54 Å². The van der Waals surface area contributed by atoms with Gasteiger partial charge in [-0.25, -0.2) is 4.98 Å². The first kappa shape index (κ1) is 9.15. The predicted molar refractivity (Wildman–Crippen MR) is 60.1 cm³/mol. The monoisotopic (exact) mass is 213 g/mol. The van der Waals surface area contributed by atoms with Crippen molar-refractivity contribution in [1.82, 2.24) is 14.7 Å². The van der Waals surface area contributed by atoms with Crippen LogP contribution in [0.2, 0.25) is 0 Å². The summed E-state index contributed by atoms with van der Waals surface area (Å²) in [5.74, 6) is 0. The quantitative estimate of drug-likeness (QED) is 0.656. The standard InChI is InChI=1S/C12H11N3O/c1-9-2-3-12-10(6-9)11(14-16-12)7-15-5-4-13-8-15/h2-6,8H,7H2,1H3. The smallest absolute Gasteiger partial charge is 0.167 e. The van der Waals surface area contributed by atoms with E-state index in [1.54, 1.807) is 12.5 Å². The second-order valence-electron chi connectivity index (χ2n) is 3.86. The van der Waals surface area contributed by atoms with Crippen molar-refractivity contribution in [3.05, 3.63) is 48.2 Å². The molecule has 0 radical (unpaired) electrons. The van der Waals surface area contributed by atoms with Gasteiger partial charge in [0.05, 0.1) is 12.9 Å². The lowest BCUT2D eigenvalue weighted by Gasteiger charge is -1.98. The number of hydrogen-bond acceptors (Lipinski definition) is 3. The van der Waals surface area contributed by atoms with E-state index in [9.17, 15) is 0 Å². The van der Waals surface area contributed by atoms with Crippen molar-refractivity contribution in [3.8, 4) is 0 Å². The minimum atomic E-state index is 0.691. The fraction of sp³-hybridized carbons (Fsp3) is 0.167. The van der Waals surface area contributed by atoms with Crippen molar-refractivity contribution in [2.45, 2.75) is 13.5 Å². The summed E-state index contributed by atoms with van der Waals surface area (Å²) < 4.78 is 7.24. The number of aryl methyl sites for hydroxylation is 1. The van der Waals surface area contributed by atoms with E-state index in [1.807, 2.05) is 22.9 Å². The highest BCUT2D eigenvalue weighted by atomic mass is 16.5. The summed E-state index contributed by atoms with van der Waals surface area (Å²) in [6.07, 6.45) is 5.44. The summed E-state index contributed by atoms with van der Waals surface area (Å²) in [4.78, 5) is 4.00. The Labute approximate surface area is 92.5 Å². The fourth-order valence-corrected chi connectivity index (χ4v) is 1.77. The maximum Gasteiger partial charge on any atom is 0.167 e. The van der Waals surface area contributed by atoms with Gasteiger partial charge < -0.3 is 9.09 Å². The van der Waals surface area contributed by atoms with E-state index >= 15 is 0 Å². The van der Waals surface area contributed by atoms with E-state index in [4.69, 9.17) is 4.52 Å². The zero-order valence-electron chi connectivity index (χ0n) is 8.92. The molecule has 0 fully saturated rings. The molecular formula is C12H11N3O. The Morgan fingerprint density at radius 3 is 3.12 bits per heavy atom. The lowest BCUT2D eigenvalue weighted by atomic mass is 10.1. The predicted octanol–water partition coefficient (Wildman–Crippen LogP) is 2.38. The number of fused-ring (bicyclic) bond motifs is 1. The van der Waals surface area contributed by atoms with Crippen molar-refractivity contribution < 1.29 is 4.52 Å². The molecule has 4 heteroatoms. The third-order valence-corrected chi connectivity index (χ3v) is 2.59. The van der Waals surface area contributed by atoms with Gasteiger partial charge in [0.15, 0.2) is 5.58 Å².